The molecule has 1 aromatic heterocycles. The summed E-state index contributed by atoms with van der Waals surface area (Å²) >= 11 is 0. The lowest BCUT2D eigenvalue weighted by Gasteiger charge is -2.48. The summed E-state index contributed by atoms with van der Waals surface area (Å²) in [5.41, 5.74) is -0.638. The molecule has 29 heavy (non-hydrogen) atoms. The van der Waals surface area contributed by atoms with E-state index in [0.717, 1.165) is 51.4 Å². The fraction of sp³-hybridized carbons (Fsp3) is 0.833. The molecule has 0 aromatic carbocycles. The molecule has 1 aromatic rings. The molecule has 4 nitrogen and oxygen atoms in total. The predicted octanol–water partition coefficient (Wildman–Crippen LogP) is 4.95. The number of carbonyl (C=O) groups is 1. The zero-order chi connectivity index (χ0) is 20.6. The van der Waals surface area contributed by atoms with E-state index >= 15 is 0 Å². The van der Waals surface area contributed by atoms with Gasteiger partial charge >= 0.3 is 0 Å². The van der Waals surface area contributed by atoms with Crippen molar-refractivity contribution in [2.75, 3.05) is 0 Å². The second-order valence-corrected chi connectivity index (χ2v) is 10.7. The first-order chi connectivity index (χ1) is 13.8. The molecule has 3 saturated carbocycles. The number of halogens is 1. The molecule has 0 spiro atoms. The van der Waals surface area contributed by atoms with Gasteiger partial charge in [0.25, 0.3) is 0 Å². The van der Waals surface area contributed by atoms with Crippen molar-refractivity contribution in [1.82, 2.24) is 9.78 Å². The molecular formula is C24H37FN2O2. The molecule has 0 radical (unpaired) electrons. The Labute approximate surface area is 174 Å². The van der Waals surface area contributed by atoms with Crippen molar-refractivity contribution in [3.8, 4) is 0 Å². The number of ketones is 1. The molecule has 3 aliphatic rings. The number of nitrogens with zero attached hydrogens (tertiary/aromatic N) is 2. The van der Waals surface area contributed by atoms with Gasteiger partial charge in [0.2, 0.25) is 0 Å². The van der Waals surface area contributed by atoms with E-state index in [9.17, 15) is 14.3 Å². The van der Waals surface area contributed by atoms with E-state index in [2.05, 4.69) is 12.0 Å². The molecule has 5 heteroatoms. The third-order valence-electron chi connectivity index (χ3n) is 8.56. The van der Waals surface area contributed by atoms with Crippen LogP contribution in [-0.2, 0) is 11.3 Å². The Bertz CT molecular complexity index is 704. The number of fused-ring (bicyclic) bond motifs is 1. The highest BCUT2D eigenvalue weighted by atomic mass is 19.1. The van der Waals surface area contributed by atoms with E-state index in [0.29, 0.717) is 37.0 Å². The highest BCUT2D eigenvalue weighted by Gasteiger charge is 2.48. The minimum absolute atomic E-state index is 0.0196. The van der Waals surface area contributed by atoms with Crippen LogP contribution in [0.25, 0.3) is 0 Å². The molecule has 0 saturated heterocycles. The average molecular weight is 405 g/mol. The van der Waals surface area contributed by atoms with Crippen LogP contribution in [0.4, 0.5) is 4.39 Å². The van der Waals surface area contributed by atoms with Gasteiger partial charge in [0, 0.05) is 18.3 Å². The van der Waals surface area contributed by atoms with E-state index < -0.39 is 11.8 Å². The Morgan fingerprint density at radius 2 is 2.03 bits per heavy atom. The Hall–Kier alpha value is -1.23. The topological polar surface area (TPSA) is 55.1 Å². The van der Waals surface area contributed by atoms with E-state index in [4.69, 9.17) is 0 Å². The molecule has 4 rings (SSSR count). The van der Waals surface area contributed by atoms with Crippen LogP contribution in [0.15, 0.2) is 18.5 Å². The predicted molar refractivity (Wildman–Crippen MR) is 111 cm³/mol. The van der Waals surface area contributed by atoms with E-state index in [1.54, 1.807) is 10.9 Å². The number of Topliss-reactive ketones (excluding diaryl/α,β-unsaturated/α-hetero) is 1. The van der Waals surface area contributed by atoms with Gasteiger partial charge in [0.1, 0.15) is 6.17 Å². The van der Waals surface area contributed by atoms with Gasteiger partial charge in [-0.1, -0.05) is 13.3 Å². The monoisotopic (exact) mass is 404 g/mol. The van der Waals surface area contributed by atoms with E-state index in [1.807, 2.05) is 19.2 Å². The second-order valence-electron chi connectivity index (χ2n) is 10.7. The molecule has 162 valence electrons. The van der Waals surface area contributed by atoms with Gasteiger partial charge in [-0.05, 0) is 93.9 Å². The Morgan fingerprint density at radius 1 is 1.21 bits per heavy atom. The molecule has 0 bridgehead atoms. The fourth-order valence-electron chi connectivity index (χ4n) is 6.85. The van der Waals surface area contributed by atoms with Crippen molar-refractivity contribution in [1.29, 1.82) is 0 Å². The number of hydrogen-bond donors (Lipinski definition) is 1. The summed E-state index contributed by atoms with van der Waals surface area (Å²) < 4.78 is 16.4. The minimum atomic E-state index is -0.756. The molecule has 7 atom stereocenters. The molecule has 7 unspecified atom stereocenters. The second kappa shape index (κ2) is 8.13. The van der Waals surface area contributed by atoms with E-state index in [-0.39, 0.29) is 17.3 Å². The van der Waals surface area contributed by atoms with Crippen molar-refractivity contribution in [2.45, 2.75) is 96.4 Å². The highest BCUT2D eigenvalue weighted by Crippen LogP contribution is 2.52. The lowest BCUT2D eigenvalue weighted by molar-refractivity contribution is -0.127. The Kier molecular flexibility index (Phi) is 5.89. The van der Waals surface area contributed by atoms with Gasteiger partial charge in [0.05, 0.1) is 12.1 Å². The van der Waals surface area contributed by atoms with Crippen LogP contribution >= 0.6 is 0 Å². The van der Waals surface area contributed by atoms with Crippen molar-refractivity contribution >= 4 is 5.78 Å². The number of aromatic nitrogens is 2. The molecule has 1 N–H and O–H groups in total. The molecule has 1 heterocycles. The zero-order valence-electron chi connectivity index (χ0n) is 18.0. The van der Waals surface area contributed by atoms with Gasteiger partial charge < -0.3 is 5.11 Å². The first kappa shape index (κ1) is 21.0. The maximum Gasteiger partial charge on any atom is 0.157 e. The summed E-state index contributed by atoms with van der Waals surface area (Å²) in [5, 5.41) is 14.6. The number of alkyl halides is 1. The molecule has 3 fully saturated rings. The fourth-order valence-corrected chi connectivity index (χ4v) is 6.85. The van der Waals surface area contributed by atoms with Gasteiger partial charge in [-0.25, -0.2) is 4.39 Å². The van der Waals surface area contributed by atoms with Crippen LogP contribution < -0.4 is 0 Å². The lowest BCUT2D eigenvalue weighted by Crippen LogP contribution is -2.46. The van der Waals surface area contributed by atoms with Crippen LogP contribution in [0, 0.1) is 29.1 Å². The first-order valence-corrected chi connectivity index (χ1v) is 11.6. The quantitative estimate of drug-likeness (QED) is 0.729. The third kappa shape index (κ3) is 4.45. The van der Waals surface area contributed by atoms with Gasteiger partial charge in [-0.2, -0.15) is 5.10 Å². The summed E-state index contributed by atoms with van der Waals surface area (Å²) in [6.45, 7) is 4.55. The van der Waals surface area contributed by atoms with Crippen molar-refractivity contribution in [3.63, 3.8) is 0 Å². The summed E-state index contributed by atoms with van der Waals surface area (Å²) in [6.07, 6.45) is 12.2. The molecule has 0 aliphatic heterocycles. The lowest BCUT2D eigenvalue weighted by atomic mass is 9.59. The van der Waals surface area contributed by atoms with Crippen LogP contribution in [0.1, 0.15) is 78.1 Å². The Morgan fingerprint density at radius 3 is 2.79 bits per heavy atom. The highest BCUT2D eigenvalue weighted by molar-refractivity contribution is 5.81. The first-order valence-electron chi connectivity index (χ1n) is 11.6. The summed E-state index contributed by atoms with van der Waals surface area (Å²) in [7, 11) is 0. The van der Waals surface area contributed by atoms with Crippen LogP contribution in [0.5, 0.6) is 0 Å². The maximum atomic E-state index is 14.6. The van der Waals surface area contributed by atoms with Crippen molar-refractivity contribution in [3.05, 3.63) is 18.5 Å². The summed E-state index contributed by atoms with van der Waals surface area (Å²) in [4.78, 5) is 13.0. The molecule has 3 aliphatic carbocycles. The summed E-state index contributed by atoms with van der Waals surface area (Å²) in [5.74, 6) is 1.40. The smallest absolute Gasteiger partial charge is 0.157 e. The van der Waals surface area contributed by atoms with Crippen LogP contribution in [-0.4, -0.2) is 32.4 Å². The standard InChI is InChI=1S/C24H37FN2O2/c1-23(10-3-5-20(23)22(28)16-27-14-4-13-26-27)11-8-17-6-7-21(25)19-15-24(2,29)12-9-18(17)19/h4,13-14,17-21,29H,3,5-12,15-16H2,1-2H3. The normalized spacial score (nSPS) is 42.6. The number of rotatable bonds is 6. The third-order valence-corrected chi connectivity index (χ3v) is 8.56. The summed E-state index contributed by atoms with van der Waals surface area (Å²) in [6, 6.07) is 1.86. The van der Waals surface area contributed by atoms with Crippen molar-refractivity contribution in [2.24, 2.45) is 29.1 Å². The zero-order valence-corrected chi connectivity index (χ0v) is 18.0. The van der Waals surface area contributed by atoms with Crippen molar-refractivity contribution < 1.29 is 14.3 Å². The van der Waals surface area contributed by atoms with Crippen LogP contribution in [0.3, 0.4) is 0 Å². The SMILES string of the molecule is CC1(O)CCC2C(CCC3(C)CCCC3C(=O)Cn3cccn3)CCC(F)C2C1. The molecule has 0 amide bonds. The van der Waals surface area contributed by atoms with E-state index in [1.165, 1.54) is 0 Å². The number of hydrogen-bond acceptors (Lipinski definition) is 3. The Balaban J connectivity index is 1.38. The number of aliphatic hydroxyl groups is 1. The van der Waals surface area contributed by atoms with Gasteiger partial charge in [-0.3, -0.25) is 9.48 Å². The van der Waals surface area contributed by atoms with Gasteiger partial charge in [-0.15, -0.1) is 0 Å². The van der Waals surface area contributed by atoms with Gasteiger partial charge in [0.15, 0.2) is 5.78 Å². The largest absolute Gasteiger partial charge is 0.390 e. The minimum Gasteiger partial charge on any atom is -0.390 e. The molecular weight excluding hydrogens is 367 g/mol. The average Bonchev–Trinajstić information content (AvgIpc) is 3.31. The maximum absolute atomic E-state index is 14.6. The van der Waals surface area contributed by atoms with Crippen LogP contribution in [0.2, 0.25) is 0 Å². The number of carbonyl (C=O) groups excluding carboxylic acids is 1.